The third-order valence-electron chi connectivity index (χ3n) is 4.53. The van der Waals surface area contributed by atoms with Gasteiger partial charge in [0.15, 0.2) is 0 Å². The summed E-state index contributed by atoms with van der Waals surface area (Å²) in [5.74, 6) is 13.1. The number of fused-ring (bicyclic) bond motifs is 1. The summed E-state index contributed by atoms with van der Waals surface area (Å²) in [5.41, 5.74) is 4.51. The number of hydrogen-bond acceptors (Lipinski definition) is 3. The molecule has 4 aromatic rings. The molecule has 0 fully saturated rings. The maximum Gasteiger partial charge on any atom is 0.208 e. The smallest absolute Gasteiger partial charge is 0.208 e. The molecule has 0 spiro atoms. The molecule has 2 aromatic carbocycles. The van der Waals surface area contributed by atoms with E-state index < -0.39 is 0 Å². The Balaban J connectivity index is 1.73. The zero-order chi connectivity index (χ0) is 20.2. The maximum absolute atomic E-state index is 4.61. The number of nitrogens with zero attached hydrogens (tertiary/aromatic N) is 4. The normalized spacial score (nSPS) is 10.0. The molecule has 0 N–H and O–H groups in total. The molecule has 0 atom stereocenters. The Labute approximate surface area is 170 Å². The zero-order valence-electron chi connectivity index (χ0n) is 16.6. The molecular formula is C25H20N4. The Kier molecular flexibility index (Phi) is 5.01. The first-order valence-corrected chi connectivity index (χ1v) is 9.30. The summed E-state index contributed by atoms with van der Waals surface area (Å²) in [7, 11) is 5.99. The number of aromatic nitrogens is 3. The SMILES string of the molecule is CN(C)c1ccc(C#Cc2nc(C#Cc3ccccc3)c3ccn(C)c3n2)cc1. The molecule has 0 radical (unpaired) electrons. The number of benzene rings is 2. The van der Waals surface area contributed by atoms with Crippen LogP contribution < -0.4 is 4.90 Å². The van der Waals surface area contributed by atoms with Gasteiger partial charge in [0.1, 0.15) is 11.3 Å². The third kappa shape index (κ3) is 4.13. The van der Waals surface area contributed by atoms with Crippen LogP contribution in [0.15, 0.2) is 66.9 Å². The monoisotopic (exact) mass is 376 g/mol. The van der Waals surface area contributed by atoms with Gasteiger partial charge in [0.05, 0.1) is 5.39 Å². The van der Waals surface area contributed by atoms with Gasteiger partial charge < -0.3 is 9.47 Å². The summed E-state index contributed by atoms with van der Waals surface area (Å²) in [5, 5.41) is 0.928. The molecule has 29 heavy (non-hydrogen) atoms. The molecule has 0 amide bonds. The standard InChI is InChI=1S/C25H20N4/c1-28(2)21-13-9-20(10-14-21)12-16-24-26-23(15-11-19-7-5-4-6-8-19)22-17-18-29(3)25(22)27-24/h4-10,13-14,17-18H,1-3H3. The molecule has 0 unspecified atom stereocenters. The van der Waals surface area contributed by atoms with Crippen LogP contribution in [0.25, 0.3) is 11.0 Å². The van der Waals surface area contributed by atoms with E-state index in [-0.39, 0.29) is 0 Å². The second kappa shape index (κ2) is 7.92. The van der Waals surface area contributed by atoms with Crippen LogP contribution >= 0.6 is 0 Å². The van der Waals surface area contributed by atoms with E-state index in [0.717, 1.165) is 27.8 Å². The van der Waals surface area contributed by atoms with Crippen molar-refractivity contribution in [1.82, 2.24) is 14.5 Å². The first-order valence-electron chi connectivity index (χ1n) is 9.30. The lowest BCUT2D eigenvalue weighted by Crippen LogP contribution is -2.07. The van der Waals surface area contributed by atoms with Crippen molar-refractivity contribution in [2.24, 2.45) is 7.05 Å². The van der Waals surface area contributed by atoms with Gasteiger partial charge >= 0.3 is 0 Å². The van der Waals surface area contributed by atoms with Crippen LogP contribution in [0.5, 0.6) is 0 Å². The van der Waals surface area contributed by atoms with Gasteiger partial charge in [-0.15, -0.1) is 0 Å². The molecule has 0 aliphatic heterocycles. The highest BCUT2D eigenvalue weighted by Gasteiger charge is 2.08. The van der Waals surface area contributed by atoms with Crippen molar-refractivity contribution in [3.63, 3.8) is 0 Å². The van der Waals surface area contributed by atoms with Crippen LogP contribution in [0, 0.1) is 23.7 Å². The number of hydrogen-bond donors (Lipinski definition) is 0. The van der Waals surface area contributed by atoms with Crippen LogP contribution in [0.4, 0.5) is 5.69 Å². The van der Waals surface area contributed by atoms with Crippen LogP contribution in [-0.2, 0) is 7.05 Å². The molecule has 2 aromatic heterocycles. The summed E-state index contributed by atoms with van der Waals surface area (Å²) in [4.78, 5) is 11.3. The molecule has 4 rings (SSSR count). The molecular weight excluding hydrogens is 356 g/mol. The summed E-state index contributed by atoms with van der Waals surface area (Å²) < 4.78 is 1.96. The molecule has 4 nitrogen and oxygen atoms in total. The quantitative estimate of drug-likeness (QED) is 0.474. The topological polar surface area (TPSA) is 34.0 Å². The van der Waals surface area contributed by atoms with E-state index in [9.17, 15) is 0 Å². The molecule has 0 bridgehead atoms. The highest BCUT2D eigenvalue weighted by Crippen LogP contribution is 2.16. The molecule has 4 heteroatoms. The van der Waals surface area contributed by atoms with Crippen molar-refractivity contribution in [1.29, 1.82) is 0 Å². The first-order chi connectivity index (χ1) is 14.1. The lowest BCUT2D eigenvalue weighted by atomic mass is 10.2. The van der Waals surface area contributed by atoms with E-state index in [0.29, 0.717) is 11.5 Å². The first kappa shape index (κ1) is 18.3. The molecule has 0 aliphatic carbocycles. The van der Waals surface area contributed by atoms with E-state index in [1.165, 1.54) is 0 Å². The Morgan fingerprint density at radius 2 is 1.45 bits per heavy atom. The Morgan fingerprint density at radius 3 is 2.17 bits per heavy atom. The van der Waals surface area contributed by atoms with Gasteiger partial charge in [-0.3, -0.25) is 0 Å². The lowest BCUT2D eigenvalue weighted by molar-refractivity contribution is 0.939. The number of anilines is 1. The van der Waals surface area contributed by atoms with Gasteiger partial charge in [0, 0.05) is 44.2 Å². The van der Waals surface area contributed by atoms with E-state index in [4.69, 9.17) is 0 Å². The van der Waals surface area contributed by atoms with Gasteiger partial charge in [-0.1, -0.05) is 30.0 Å². The van der Waals surface area contributed by atoms with Gasteiger partial charge in [0.2, 0.25) is 5.82 Å². The largest absolute Gasteiger partial charge is 0.378 e. The molecule has 0 aliphatic rings. The van der Waals surface area contributed by atoms with Crippen LogP contribution in [0.1, 0.15) is 22.6 Å². The highest BCUT2D eigenvalue weighted by atomic mass is 15.1. The zero-order valence-corrected chi connectivity index (χ0v) is 16.6. The van der Waals surface area contributed by atoms with E-state index in [1.54, 1.807) is 0 Å². The molecule has 2 heterocycles. The average Bonchev–Trinajstić information content (AvgIpc) is 3.12. The summed E-state index contributed by atoms with van der Waals surface area (Å²) in [6.45, 7) is 0. The van der Waals surface area contributed by atoms with Crippen molar-refractivity contribution in [3.05, 3.63) is 89.5 Å². The van der Waals surface area contributed by atoms with Crippen molar-refractivity contribution in [2.45, 2.75) is 0 Å². The van der Waals surface area contributed by atoms with Crippen LogP contribution in [0.3, 0.4) is 0 Å². The number of rotatable bonds is 1. The van der Waals surface area contributed by atoms with Crippen molar-refractivity contribution in [3.8, 4) is 23.7 Å². The van der Waals surface area contributed by atoms with Crippen molar-refractivity contribution in [2.75, 3.05) is 19.0 Å². The number of aryl methyl sites for hydroxylation is 1. The minimum atomic E-state index is 0.466. The average molecular weight is 376 g/mol. The summed E-state index contributed by atoms with van der Waals surface area (Å²) >= 11 is 0. The van der Waals surface area contributed by atoms with Crippen LogP contribution in [0.2, 0.25) is 0 Å². The minimum absolute atomic E-state index is 0.466. The van der Waals surface area contributed by atoms with E-state index >= 15 is 0 Å². The van der Waals surface area contributed by atoms with Gasteiger partial charge in [-0.05, 0) is 54.3 Å². The van der Waals surface area contributed by atoms with E-state index in [1.807, 2.05) is 92.6 Å². The fourth-order valence-electron chi connectivity index (χ4n) is 2.91. The van der Waals surface area contributed by atoms with Crippen LogP contribution in [-0.4, -0.2) is 28.6 Å². The Morgan fingerprint density at radius 1 is 0.759 bits per heavy atom. The van der Waals surface area contributed by atoms with E-state index in [2.05, 4.69) is 38.5 Å². The molecule has 0 saturated heterocycles. The fraction of sp³-hybridized carbons (Fsp3) is 0.120. The minimum Gasteiger partial charge on any atom is -0.378 e. The van der Waals surface area contributed by atoms with Gasteiger partial charge in [-0.2, -0.15) is 0 Å². The highest BCUT2D eigenvalue weighted by molar-refractivity contribution is 5.82. The maximum atomic E-state index is 4.61. The molecule has 0 saturated carbocycles. The summed E-state index contributed by atoms with van der Waals surface area (Å²) in [6.07, 6.45) is 1.96. The second-order valence-electron chi connectivity index (χ2n) is 6.87. The summed E-state index contributed by atoms with van der Waals surface area (Å²) in [6, 6.07) is 20.0. The third-order valence-corrected chi connectivity index (χ3v) is 4.53. The van der Waals surface area contributed by atoms with Crippen molar-refractivity contribution < 1.29 is 0 Å². The second-order valence-corrected chi connectivity index (χ2v) is 6.87. The predicted molar refractivity (Wildman–Crippen MR) is 118 cm³/mol. The van der Waals surface area contributed by atoms with Crippen molar-refractivity contribution >= 4 is 16.7 Å². The Hall–Kier alpha value is -4.02. The Bertz CT molecular complexity index is 1280. The molecule has 140 valence electrons. The predicted octanol–water partition coefficient (Wildman–Crippen LogP) is 3.83. The van der Waals surface area contributed by atoms with Gasteiger partial charge in [-0.25, -0.2) is 9.97 Å². The lowest BCUT2D eigenvalue weighted by Gasteiger charge is -2.11. The fourth-order valence-corrected chi connectivity index (χ4v) is 2.91. The van der Waals surface area contributed by atoms with Gasteiger partial charge in [0.25, 0.3) is 0 Å².